The van der Waals surface area contributed by atoms with Crippen LogP contribution in [0.3, 0.4) is 0 Å². The highest BCUT2D eigenvalue weighted by atomic mass is 35.5. The first-order valence-electron chi connectivity index (χ1n) is 11.2. The number of carboxylic acids is 1. The molecule has 35 heavy (non-hydrogen) atoms. The van der Waals surface area contributed by atoms with Crippen LogP contribution in [0.1, 0.15) is 35.2 Å². The lowest BCUT2D eigenvalue weighted by Gasteiger charge is -2.40. The predicted molar refractivity (Wildman–Crippen MR) is 138 cm³/mol. The van der Waals surface area contributed by atoms with Gasteiger partial charge in [0, 0.05) is 24.8 Å². The van der Waals surface area contributed by atoms with Gasteiger partial charge in [-0.1, -0.05) is 59.6 Å². The first-order chi connectivity index (χ1) is 16.6. The van der Waals surface area contributed by atoms with Crippen LogP contribution in [0.5, 0.6) is 0 Å². The summed E-state index contributed by atoms with van der Waals surface area (Å²) in [5, 5.41) is 10.5. The number of sulfonamides is 1. The van der Waals surface area contributed by atoms with Gasteiger partial charge in [0.15, 0.2) is 0 Å². The molecule has 0 saturated carbocycles. The fourth-order valence-corrected chi connectivity index (χ4v) is 6.37. The van der Waals surface area contributed by atoms with E-state index in [0.717, 1.165) is 16.8 Å². The summed E-state index contributed by atoms with van der Waals surface area (Å²) in [5.41, 5.74) is 3.18. The predicted octanol–water partition coefficient (Wildman–Crippen LogP) is 5.60. The van der Waals surface area contributed by atoms with E-state index in [9.17, 15) is 18.3 Å². The third kappa shape index (κ3) is 4.98. The van der Waals surface area contributed by atoms with Crippen molar-refractivity contribution in [1.29, 1.82) is 0 Å². The van der Waals surface area contributed by atoms with Crippen LogP contribution >= 0.6 is 11.6 Å². The van der Waals surface area contributed by atoms with Crippen molar-refractivity contribution < 1.29 is 18.3 Å². The summed E-state index contributed by atoms with van der Waals surface area (Å²) in [6.45, 7) is 1.88. The van der Waals surface area contributed by atoms with Crippen molar-refractivity contribution in [2.24, 2.45) is 0 Å². The number of carboxylic acid groups (broad SMARTS) is 1. The summed E-state index contributed by atoms with van der Waals surface area (Å²) < 4.78 is 29.6. The molecule has 4 rings (SSSR count). The van der Waals surface area contributed by atoms with Gasteiger partial charge in [-0.3, -0.25) is 0 Å². The second kappa shape index (κ2) is 9.85. The monoisotopic (exact) mass is 510 g/mol. The van der Waals surface area contributed by atoms with Gasteiger partial charge in [-0.05, 0) is 60.9 Å². The summed E-state index contributed by atoms with van der Waals surface area (Å²) in [6, 6.07) is 19.3. The molecule has 0 aliphatic carbocycles. The highest BCUT2D eigenvalue weighted by molar-refractivity contribution is 7.89. The van der Waals surface area contributed by atoms with Gasteiger partial charge in [-0.2, -0.15) is 4.31 Å². The van der Waals surface area contributed by atoms with Crippen molar-refractivity contribution in [2.75, 3.05) is 19.0 Å². The highest BCUT2D eigenvalue weighted by Gasteiger charge is 2.44. The van der Waals surface area contributed by atoms with Crippen molar-refractivity contribution >= 4 is 33.3 Å². The van der Waals surface area contributed by atoms with Crippen molar-refractivity contribution in [3.05, 3.63) is 106 Å². The molecule has 0 unspecified atom stereocenters. The standard InChI is InChI=1S/C27H27ClN2O4S/c1-18-7-13-23(14-8-18)35(33,34)30-25(19-9-11-22(12-10-19)29(2)3)16-15-24(27(31)32)26(30)20-5-4-6-21(28)17-20/h4-15,17,25-26H,16H2,1-3H3,(H,31,32)/t25-,26-/m0/s1. The van der Waals surface area contributed by atoms with Crippen LogP contribution in [-0.2, 0) is 14.8 Å². The Labute approximate surface area is 211 Å². The number of hydrogen-bond acceptors (Lipinski definition) is 4. The number of hydrogen-bond donors (Lipinski definition) is 1. The molecule has 182 valence electrons. The van der Waals surface area contributed by atoms with E-state index in [0.29, 0.717) is 10.6 Å². The number of aliphatic carboxylic acids is 1. The SMILES string of the molecule is Cc1ccc(S(=O)(=O)N2[C@@H](c3cccc(Cl)c3)C(C(=O)O)=CC[C@H]2c2ccc(N(C)C)cc2)cc1. The molecule has 1 heterocycles. The Balaban J connectivity index is 1.95. The molecule has 3 aromatic carbocycles. The maximum absolute atomic E-state index is 14.2. The minimum absolute atomic E-state index is 0.00381. The number of benzene rings is 3. The molecule has 0 amide bonds. The summed E-state index contributed by atoms with van der Waals surface area (Å²) in [4.78, 5) is 14.4. The first kappa shape index (κ1) is 25.0. The smallest absolute Gasteiger partial charge is 0.333 e. The van der Waals surface area contributed by atoms with Gasteiger partial charge in [-0.15, -0.1) is 0 Å². The lowest BCUT2D eigenvalue weighted by molar-refractivity contribution is -0.133. The van der Waals surface area contributed by atoms with Crippen LogP contribution in [0, 0.1) is 6.92 Å². The molecule has 1 aliphatic heterocycles. The van der Waals surface area contributed by atoms with E-state index in [4.69, 9.17) is 11.6 Å². The molecule has 0 bridgehead atoms. The fraction of sp³-hybridized carbons (Fsp3) is 0.222. The van der Waals surface area contributed by atoms with E-state index in [1.54, 1.807) is 54.6 Å². The molecule has 0 saturated heterocycles. The first-order valence-corrected chi connectivity index (χ1v) is 13.0. The zero-order valence-corrected chi connectivity index (χ0v) is 21.3. The maximum Gasteiger partial charge on any atom is 0.333 e. The lowest BCUT2D eigenvalue weighted by Crippen LogP contribution is -2.42. The maximum atomic E-state index is 14.2. The second-order valence-corrected chi connectivity index (χ2v) is 11.1. The number of halogens is 1. The Hall–Kier alpha value is -3.13. The average molecular weight is 511 g/mol. The molecule has 0 fully saturated rings. The average Bonchev–Trinajstić information content (AvgIpc) is 2.83. The number of anilines is 1. The third-order valence-corrected chi connectivity index (χ3v) is 8.34. The molecule has 0 spiro atoms. The summed E-state index contributed by atoms with van der Waals surface area (Å²) in [7, 11) is -0.241. The van der Waals surface area contributed by atoms with Gasteiger partial charge in [0.1, 0.15) is 0 Å². The molecular weight excluding hydrogens is 484 g/mol. The van der Waals surface area contributed by atoms with Crippen molar-refractivity contribution in [3.8, 4) is 0 Å². The van der Waals surface area contributed by atoms with E-state index in [-0.39, 0.29) is 16.9 Å². The van der Waals surface area contributed by atoms with E-state index in [2.05, 4.69) is 0 Å². The Kier molecular flexibility index (Phi) is 7.03. The van der Waals surface area contributed by atoms with Crippen LogP contribution in [0.25, 0.3) is 0 Å². The minimum atomic E-state index is -4.10. The van der Waals surface area contributed by atoms with Gasteiger partial charge < -0.3 is 10.0 Å². The van der Waals surface area contributed by atoms with Gasteiger partial charge in [0.05, 0.1) is 22.6 Å². The molecule has 6 nitrogen and oxygen atoms in total. The molecular formula is C27H27ClN2O4S. The number of nitrogens with zero attached hydrogens (tertiary/aromatic N) is 2. The van der Waals surface area contributed by atoms with Crippen LogP contribution in [0.15, 0.2) is 89.3 Å². The van der Waals surface area contributed by atoms with Crippen LogP contribution < -0.4 is 4.90 Å². The summed E-state index contributed by atoms with van der Waals surface area (Å²) >= 11 is 6.25. The molecule has 2 atom stereocenters. The van der Waals surface area contributed by atoms with Gasteiger partial charge in [-0.25, -0.2) is 13.2 Å². The number of carbonyl (C=O) groups is 1. The summed E-state index contributed by atoms with van der Waals surface area (Å²) in [5.74, 6) is -1.17. The third-order valence-electron chi connectivity index (χ3n) is 6.22. The van der Waals surface area contributed by atoms with Crippen LogP contribution in [0.2, 0.25) is 5.02 Å². The Bertz CT molecular complexity index is 1370. The van der Waals surface area contributed by atoms with Crippen molar-refractivity contribution in [1.82, 2.24) is 4.31 Å². The quantitative estimate of drug-likeness (QED) is 0.467. The molecule has 3 aromatic rings. The second-order valence-electron chi connectivity index (χ2n) is 8.81. The topological polar surface area (TPSA) is 77.9 Å². The molecule has 0 aromatic heterocycles. The Morgan fingerprint density at radius 1 is 1.00 bits per heavy atom. The molecule has 1 aliphatic rings. The Morgan fingerprint density at radius 3 is 2.23 bits per heavy atom. The van der Waals surface area contributed by atoms with E-state index < -0.39 is 28.1 Å². The zero-order valence-electron chi connectivity index (χ0n) is 19.7. The minimum Gasteiger partial charge on any atom is -0.478 e. The molecule has 1 N–H and O–H groups in total. The van der Waals surface area contributed by atoms with Crippen LogP contribution in [0.4, 0.5) is 5.69 Å². The van der Waals surface area contributed by atoms with Crippen LogP contribution in [-0.4, -0.2) is 37.9 Å². The largest absolute Gasteiger partial charge is 0.478 e. The zero-order chi connectivity index (χ0) is 25.3. The molecule has 0 radical (unpaired) electrons. The van der Waals surface area contributed by atoms with E-state index in [1.165, 1.54) is 4.31 Å². The van der Waals surface area contributed by atoms with Crippen molar-refractivity contribution in [2.45, 2.75) is 30.3 Å². The van der Waals surface area contributed by atoms with Gasteiger partial charge in [0.25, 0.3) is 0 Å². The highest BCUT2D eigenvalue weighted by Crippen LogP contribution is 2.46. The van der Waals surface area contributed by atoms with E-state index in [1.807, 2.05) is 50.2 Å². The van der Waals surface area contributed by atoms with Crippen molar-refractivity contribution in [3.63, 3.8) is 0 Å². The number of aryl methyl sites for hydroxylation is 1. The van der Waals surface area contributed by atoms with Gasteiger partial charge >= 0.3 is 5.97 Å². The number of rotatable bonds is 6. The lowest BCUT2D eigenvalue weighted by atomic mass is 9.89. The van der Waals surface area contributed by atoms with E-state index >= 15 is 0 Å². The molecule has 8 heteroatoms. The van der Waals surface area contributed by atoms with Gasteiger partial charge in [0.2, 0.25) is 10.0 Å². The fourth-order valence-electron chi connectivity index (χ4n) is 4.39. The normalized spacial score (nSPS) is 18.7. The summed E-state index contributed by atoms with van der Waals surface area (Å²) in [6.07, 6.45) is 1.85. The Morgan fingerprint density at radius 2 is 1.66 bits per heavy atom.